The fourth-order valence-electron chi connectivity index (χ4n) is 4.19. The van der Waals surface area contributed by atoms with Crippen molar-refractivity contribution in [3.05, 3.63) is 65.0 Å². The summed E-state index contributed by atoms with van der Waals surface area (Å²) in [6, 6.07) is 14.9. The Bertz CT molecular complexity index is 1490. The maximum Gasteiger partial charge on any atom is 0.397 e. The predicted octanol–water partition coefficient (Wildman–Crippen LogP) is 4.86. The number of aryl methyl sites for hydroxylation is 1. The molecule has 0 atom stereocenters. The number of para-hydroxylation sites is 1. The summed E-state index contributed by atoms with van der Waals surface area (Å²) < 4.78 is 44.9. The largest absolute Gasteiger partial charge is 0.420 e. The molecule has 0 aliphatic heterocycles. The van der Waals surface area contributed by atoms with Gasteiger partial charge in [-0.15, -0.1) is 10.2 Å². The van der Waals surface area contributed by atoms with Crippen LogP contribution in [-0.4, -0.2) is 38.3 Å². The van der Waals surface area contributed by atoms with Crippen molar-refractivity contribution in [1.29, 1.82) is 0 Å². The Morgan fingerprint density at radius 1 is 1.11 bits per heavy atom. The first kappa shape index (κ1) is 24.8. The van der Waals surface area contributed by atoms with Crippen molar-refractivity contribution in [3.63, 3.8) is 0 Å². The van der Waals surface area contributed by atoms with E-state index in [9.17, 15) is 22.8 Å². The standard InChI is InChI=1S/C25H21ClF3N5O3/c1-14-32-33-22(37-14)21-20(26)17-4-2-3-5-18(17)34(21)16-8-6-15(7-9-16)13-30-23(36)24(10-11-24)31-19(35)12-25(27,28)29/h2-9H,10-13H2,1H3,(H,30,36)(H,31,35). The van der Waals surface area contributed by atoms with Crippen LogP contribution in [0.5, 0.6) is 0 Å². The van der Waals surface area contributed by atoms with Crippen molar-refractivity contribution >= 4 is 34.3 Å². The molecule has 1 aliphatic carbocycles. The van der Waals surface area contributed by atoms with Crippen molar-refractivity contribution in [1.82, 2.24) is 25.4 Å². The number of aromatic nitrogens is 3. The van der Waals surface area contributed by atoms with Gasteiger partial charge in [0.05, 0.1) is 10.5 Å². The van der Waals surface area contributed by atoms with Crippen LogP contribution in [-0.2, 0) is 16.1 Å². The van der Waals surface area contributed by atoms with Crippen LogP contribution in [0.25, 0.3) is 28.2 Å². The van der Waals surface area contributed by atoms with E-state index in [4.69, 9.17) is 16.0 Å². The van der Waals surface area contributed by atoms with E-state index in [2.05, 4.69) is 20.8 Å². The number of rotatable bonds is 7. The van der Waals surface area contributed by atoms with Crippen LogP contribution in [0.2, 0.25) is 5.02 Å². The zero-order valence-corrected chi connectivity index (χ0v) is 20.3. The van der Waals surface area contributed by atoms with Gasteiger partial charge in [-0.3, -0.25) is 9.59 Å². The minimum atomic E-state index is -4.63. The van der Waals surface area contributed by atoms with Crippen LogP contribution in [0.15, 0.2) is 52.9 Å². The van der Waals surface area contributed by atoms with Crippen molar-refractivity contribution in [2.45, 2.75) is 44.4 Å². The summed E-state index contributed by atoms with van der Waals surface area (Å²) in [5, 5.41) is 14.3. The van der Waals surface area contributed by atoms with Gasteiger partial charge < -0.3 is 19.6 Å². The number of benzene rings is 2. The van der Waals surface area contributed by atoms with E-state index in [-0.39, 0.29) is 12.4 Å². The van der Waals surface area contributed by atoms with Gasteiger partial charge in [0, 0.05) is 24.5 Å². The highest BCUT2D eigenvalue weighted by molar-refractivity contribution is 6.38. The van der Waals surface area contributed by atoms with Gasteiger partial charge in [0.15, 0.2) is 0 Å². The van der Waals surface area contributed by atoms with Crippen LogP contribution >= 0.6 is 11.6 Å². The summed E-state index contributed by atoms with van der Waals surface area (Å²) in [5.74, 6) is -1.05. The molecule has 8 nitrogen and oxygen atoms in total. The molecule has 4 aromatic rings. The number of hydrogen-bond donors (Lipinski definition) is 2. The molecule has 2 aromatic carbocycles. The van der Waals surface area contributed by atoms with Gasteiger partial charge in [0.25, 0.3) is 5.89 Å². The first-order chi connectivity index (χ1) is 17.6. The number of carbonyl (C=O) groups is 2. The van der Waals surface area contributed by atoms with E-state index in [1.807, 2.05) is 53.1 Å². The van der Waals surface area contributed by atoms with Crippen molar-refractivity contribution in [3.8, 4) is 17.3 Å². The van der Waals surface area contributed by atoms with Gasteiger partial charge in [0.2, 0.25) is 17.7 Å². The van der Waals surface area contributed by atoms with E-state index in [1.165, 1.54) is 0 Å². The molecule has 12 heteroatoms. The first-order valence-electron chi connectivity index (χ1n) is 11.4. The van der Waals surface area contributed by atoms with Crippen LogP contribution < -0.4 is 10.6 Å². The van der Waals surface area contributed by atoms with Gasteiger partial charge in [0.1, 0.15) is 17.7 Å². The molecule has 192 valence electrons. The molecule has 2 amide bonds. The number of amides is 2. The normalized spacial score (nSPS) is 14.5. The van der Waals surface area contributed by atoms with Crippen LogP contribution in [0.4, 0.5) is 13.2 Å². The maximum atomic E-state index is 12.6. The highest BCUT2D eigenvalue weighted by atomic mass is 35.5. The Balaban J connectivity index is 1.34. The third-order valence-electron chi connectivity index (χ3n) is 6.11. The highest BCUT2D eigenvalue weighted by Gasteiger charge is 2.51. The van der Waals surface area contributed by atoms with E-state index in [0.29, 0.717) is 29.4 Å². The Labute approximate surface area is 213 Å². The molecule has 37 heavy (non-hydrogen) atoms. The first-order valence-corrected chi connectivity index (χ1v) is 11.8. The molecule has 2 N–H and O–H groups in total. The molecular formula is C25H21ClF3N5O3. The number of carbonyl (C=O) groups excluding carboxylic acids is 2. The Hall–Kier alpha value is -3.86. The number of hydrogen-bond acceptors (Lipinski definition) is 5. The van der Waals surface area contributed by atoms with Crippen molar-refractivity contribution < 1.29 is 27.2 Å². The third-order valence-corrected chi connectivity index (χ3v) is 6.50. The fraction of sp³-hybridized carbons (Fsp3) is 0.280. The minimum absolute atomic E-state index is 0.138. The average Bonchev–Trinajstić information content (AvgIpc) is 3.40. The lowest BCUT2D eigenvalue weighted by Gasteiger charge is -2.18. The Kier molecular flexibility index (Phi) is 6.18. The van der Waals surface area contributed by atoms with Gasteiger partial charge in [-0.1, -0.05) is 41.9 Å². The molecule has 0 radical (unpaired) electrons. The number of fused-ring (bicyclic) bond motifs is 1. The minimum Gasteiger partial charge on any atom is -0.420 e. The van der Waals surface area contributed by atoms with Crippen molar-refractivity contribution in [2.24, 2.45) is 0 Å². The van der Waals surface area contributed by atoms with E-state index < -0.39 is 30.0 Å². The lowest BCUT2D eigenvalue weighted by atomic mass is 10.1. The Morgan fingerprint density at radius 2 is 1.81 bits per heavy atom. The quantitative estimate of drug-likeness (QED) is 0.354. The summed E-state index contributed by atoms with van der Waals surface area (Å²) in [6.07, 6.45) is -5.66. The monoisotopic (exact) mass is 531 g/mol. The summed E-state index contributed by atoms with van der Waals surface area (Å²) in [5.41, 5.74) is 1.63. The fourth-order valence-corrected chi connectivity index (χ4v) is 4.52. The Morgan fingerprint density at radius 3 is 2.43 bits per heavy atom. The number of alkyl halides is 3. The topological polar surface area (TPSA) is 102 Å². The number of nitrogens with one attached hydrogen (secondary N) is 2. The van der Waals surface area contributed by atoms with Crippen molar-refractivity contribution in [2.75, 3.05) is 0 Å². The molecule has 5 rings (SSSR count). The number of nitrogens with zero attached hydrogens (tertiary/aromatic N) is 3. The van der Waals surface area contributed by atoms with Gasteiger partial charge >= 0.3 is 6.18 Å². The zero-order valence-electron chi connectivity index (χ0n) is 19.5. The smallest absolute Gasteiger partial charge is 0.397 e. The van der Waals surface area contributed by atoms with Crippen LogP contribution in [0.3, 0.4) is 0 Å². The molecule has 0 unspecified atom stereocenters. The zero-order chi connectivity index (χ0) is 26.4. The third kappa shape index (κ3) is 5.04. The summed E-state index contributed by atoms with van der Waals surface area (Å²) >= 11 is 6.70. The molecular weight excluding hydrogens is 511 g/mol. The molecule has 1 saturated carbocycles. The predicted molar refractivity (Wildman–Crippen MR) is 129 cm³/mol. The molecule has 2 aromatic heterocycles. The maximum absolute atomic E-state index is 12.6. The van der Waals surface area contributed by atoms with Crippen LogP contribution in [0, 0.1) is 6.92 Å². The van der Waals surface area contributed by atoms with E-state index in [1.54, 1.807) is 6.92 Å². The summed E-state index contributed by atoms with van der Waals surface area (Å²) in [4.78, 5) is 24.2. The van der Waals surface area contributed by atoms with E-state index >= 15 is 0 Å². The lowest BCUT2D eigenvalue weighted by molar-refractivity contribution is -0.155. The van der Waals surface area contributed by atoms with Gasteiger partial charge in [-0.05, 0) is 36.6 Å². The molecule has 0 saturated heterocycles. The second-order valence-corrected chi connectivity index (χ2v) is 9.29. The lowest BCUT2D eigenvalue weighted by Crippen LogP contribution is -2.49. The summed E-state index contributed by atoms with van der Waals surface area (Å²) in [7, 11) is 0. The molecule has 0 spiro atoms. The highest BCUT2D eigenvalue weighted by Crippen LogP contribution is 2.39. The van der Waals surface area contributed by atoms with E-state index in [0.717, 1.165) is 22.2 Å². The average molecular weight is 532 g/mol. The molecule has 2 heterocycles. The van der Waals surface area contributed by atoms with Crippen LogP contribution in [0.1, 0.15) is 30.7 Å². The summed E-state index contributed by atoms with van der Waals surface area (Å²) in [6.45, 7) is 1.83. The second kappa shape index (κ2) is 9.22. The van der Waals surface area contributed by atoms with Gasteiger partial charge in [-0.25, -0.2) is 0 Å². The second-order valence-electron chi connectivity index (χ2n) is 8.91. The molecule has 0 bridgehead atoms. The number of halogens is 4. The molecule has 1 fully saturated rings. The van der Waals surface area contributed by atoms with Gasteiger partial charge in [-0.2, -0.15) is 13.2 Å². The molecule has 1 aliphatic rings. The SMILES string of the molecule is Cc1nnc(-c2c(Cl)c3ccccc3n2-c2ccc(CNC(=O)C3(NC(=O)CC(F)(F)F)CC3)cc2)o1.